The lowest BCUT2D eigenvalue weighted by atomic mass is 10.1. The van der Waals surface area contributed by atoms with Gasteiger partial charge >= 0.3 is 0 Å². The van der Waals surface area contributed by atoms with Crippen molar-refractivity contribution in [3.05, 3.63) is 64.5 Å². The summed E-state index contributed by atoms with van der Waals surface area (Å²) in [7, 11) is 0. The molecule has 0 unspecified atom stereocenters. The van der Waals surface area contributed by atoms with E-state index in [-0.39, 0.29) is 0 Å². The number of hydrogen-bond acceptors (Lipinski definition) is 4. The fourth-order valence-corrected chi connectivity index (χ4v) is 2.36. The molecule has 4 nitrogen and oxygen atoms in total. The van der Waals surface area contributed by atoms with E-state index in [1.54, 1.807) is 0 Å². The molecule has 112 valence electrons. The normalized spacial score (nSPS) is 10.7. The molecule has 2 aromatic carbocycles. The van der Waals surface area contributed by atoms with Gasteiger partial charge in [-0.1, -0.05) is 29.3 Å². The summed E-state index contributed by atoms with van der Waals surface area (Å²) in [5, 5.41) is 12.2. The van der Waals surface area contributed by atoms with E-state index in [0.717, 1.165) is 21.8 Å². The highest BCUT2D eigenvalue weighted by atomic mass is 35.5. The lowest BCUT2D eigenvalue weighted by Gasteiger charge is -2.07. The Labute approximate surface area is 134 Å². The van der Waals surface area contributed by atoms with Crippen LogP contribution in [0.1, 0.15) is 17.0 Å². The van der Waals surface area contributed by atoms with Crippen molar-refractivity contribution < 1.29 is 4.42 Å². The molecule has 0 aliphatic rings. The van der Waals surface area contributed by atoms with Crippen molar-refractivity contribution in [2.45, 2.75) is 20.4 Å². The van der Waals surface area contributed by atoms with Crippen LogP contribution in [-0.2, 0) is 6.54 Å². The summed E-state index contributed by atoms with van der Waals surface area (Å²) >= 11 is 5.95. The molecule has 5 heteroatoms. The first kappa shape index (κ1) is 14.6. The predicted octanol–water partition coefficient (Wildman–Crippen LogP) is 4.62. The maximum Gasteiger partial charge on any atom is 0.247 e. The monoisotopic (exact) mass is 313 g/mol. The largest absolute Gasteiger partial charge is 0.419 e. The molecule has 0 saturated heterocycles. The molecule has 0 bridgehead atoms. The Hall–Kier alpha value is -2.33. The molecule has 0 amide bonds. The van der Waals surface area contributed by atoms with Crippen LogP contribution in [0.2, 0.25) is 5.02 Å². The second-order valence-electron chi connectivity index (χ2n) is 5.18. The van der Waals surface area contributed by atoms with Crippen LogP contribution in [0.5, 0.6) is 0 Å². The van der Waals surface area contributed by atoms with Gasteiger partial charge in [0.25, 0.3) is 0 Å². The zero-order chi connectivity index (χ0) is 15.5. The maximum atomic E-state index is 5.95. The lowest BCUT2D eigenvalue weighted by molar-refractivity contribution is 0.515. The summed E-state index contributed by atoms with van der Waals surface area (Å²) in [5.74, 6) is 1.08. The summed E-state index contributed by atoms with van der Waals surface area (Å²) in [6.07, 6.45) is 0. The van der Waals surface area contributed by atoms with Crippen molar-refractivity contribution in [3.63, 3.8) is 0 Å². The van der Waals surface area contributed by atoms with Crippen LogP contribution in [0.25, 0.3) is 11.5 Å². The van der Waals surface area contributed by atoms with Crippen LogP contribution in [-0.4, -0.2) is 10.2 Å². The third-order valence-electron chi connectivity index (χ3n) is 3.38. The molecule has 0 radical (unpaired) electrons. The Balaban J connectivity index is 1.70. The van der Waals surface area contributed by atoms with Crippen LogP contribution in [0.15, 0.2) is 46.9 Å². The smallest absolute Gasteiger partial charge is 0.247 e. The number of aryl methyl sites for hydroxylation is 2. The molecule has 1 aromatic heterocycles. The van der Waals surface area contributed by atoms with E-state index in [1.807, 2.05) is 56.3 Å². The van der Waals surface area contributed by atoms with Crippen LogP contribution < -0.4 is 5.32 Å². The number of anilines is 1. The Morgan fingerprint density at radius 2 is 1.82 bits per heavy atom. The topological polar surface area (TPSA) is 51.0 Å². The lowest BCUT2D eigenvalue weighted by Crippen LogP contribution is -2.01. The number of benzene rings is 2. The Bertz CT molecular complexity index is 781. The van der Waals surface area contributed by atoms with E-state index < -0.39 is 0 Å². The van der Waals surface area contributed by atoms with Gasteiger partial charge in [-0.05, 0) is 49.7 Å². The Morgan fingerprint density at radius 1 is 1.05 bits per heavy atom. The molecule has 0 atom stereocenters. The molecule has 22 heavy (non-hydrogen) atoms. The quantitative estimate of drug-likeness (QED) is 0.763. The van der Waals surface area contributed by atoms with Gasteiger partial charge in [-0.25, -0.2) is 0 Å². The number of aromatic nitrogens is 2. The molecule has 0 saturated carbocycles. The zero-order valence-electron chi connectivity index (χ0n) is 12.4. The van der Waals surface area contributed by atoms with Crippen molar-refractivity contribution >= 4 is 17.3 Å². The molecule has 0 aliphatic heterocycles. The average molecular weight is 314 g/mol. The number of halogens is 1. The number of nitrogens with one attached hydrogen (secondary N) is 1. The highest BCUT2D eigenvalue weighted by molar-refractivity contribution is 6.30. The molecular weight excluding hydrogens is 298 g/mol. The van der Waals surface area contributed by atoms with Crippen LogP contribution in [0.3, 0.4) is 0 Å². The summed E-state index contributed by atoms with van der Waals surface area (Å²) in [4.78, 5) is 0. The van der Waals surface area contributed by atoms with Gasteiger partial charge in [0, 0.05) is 16.3 Å². The predicted molar refractivity (Wildman–Crippen MR) is 88.0 cm³/mol. The van der Waals surface area contributed by atoms with E-state index in [0.29, 0.717) is 18.3 Å². The molecule has 3 aromatic rings. The molecule has 0 aliphatic carbocycles. The summed E-state index contributed by atoms with van der Waals surface area (Å²) < 4.78 is 5.68. The SMILES string of the molecule is Cc1ccc(-c2nnc(CNc3ccc(Cl)cc3C)o2)cc1. The summed E-state index contributed by atoms with van der Waals surface area (Å²) in [6, 6.07) is 13.7. The number of hydrogen-bond donors (Lipinski definition) is 1. The van der Waals surface area contributed by atoms with Gasteiger partial charge < -0.3 is 9.73 Å². The van der Waals surface area contributed by atoms with E-state index in [4.69, 9.17) is 16.0 Å². The van der Waals surface area contributed by atoms with E-state index in [9.17, 15) is 0 Å². The van der Waals surface area contributed by atoms with E-state index in [2.05, 4.69) is 15.5 Å². The van der Waals surface area contributed by atoms with Gasteiger partial charge in [0.2, 0.25) is 11.8 Å². The highest BCUT2D eigenvalue weighted by Gasteiger charge is 2.08. The van der Waals surface area contributed by atoms with Gasteiger partial charge in [0.1, 0.15) is 0 Å². The molecule has 0 fully saturated rings. The number of nitrogens with zero attached hydrogens (tertiary/aromatic N) is 2. The van der Waals surface area contributed by atoms with Crippen molar-refractivity contribution in [1.82, 2.24) is 10.2 Å². The van der Waals surface area contributed by atoms with Crippen molar-refractivity contribution in [3.8, 4) is 11.5 Å². The fraction of sp³-hybridized carbons (Fsp3) is 0.176. The maximum absolute atomic E-state index is 5.95. The van der Waals surface area contributed by atoms with E-state index >= 15 is 0 Å². The minimum Gasteiger partial charge on any atom is -0.419 e. The van der Waals surface area contributed by atoms with Crippen molar-refractivity contribution in [1.29, 1.82) is 0 Å². The molecular formula is C17H16ClN3O. The third kappa shape index (κ3) is 3.28. The molecule has 1 N–H and O–H groups in total. The minimum atomic E-state index is 0.474. The van der Waals surface area contributed by atoms with Crippen molar-refractivity contribution in [2.75, 3.05) is 5.32 Å². The first-order chi connectivity index (χ1) is 10.6. The van der Waals surface area contributed by atoms with Crippen LogP contribution in [0, 0.1) is 13.8 Å². The first-order valence-electron chi connectivity index (χ1n) is 7.01. The molecule has 3 rings (SSSR count). The van der Waals surface area contributed by atoms with Crippen molar-refractivity contribution in [2.24, 2.45) is 0 Å². The summed E-state index contributed by atoms with van der Waals surface area (Å²) in [5.41, 5.74) is 4.20. The van der Waals surface area contributed by atoms with Gasteiger partial charge in [0.15, 0.2) is 0 Å². The summed E-state index contributed by atoms with van der Waals surface area (Å²) in [6.45, 7) is 4.52. The van der Waals surface area contributed by atoms with Gasteiger partial charge in [-0.2, -0.15) is 0 Å². The standard InChI is InChI=1S/C17H16ClN3O/c1-11-3-5-13(6-4-11)17-21-20-16(22-17)10-19-15-8-7-14(18)9-12(15)2/h3-9,19H,10H2,1-2H3. The fourth-order valence-electron chi connectivity index (χ4n) is 2.13. The first-order valence-corrected chi connectivity index (χ1v) is 7.39. The van der Waals surface area contributed by atoms with Gasteiger partial charge in [0.05, 0.1) is 6.54 Å². The number of rotatable bonds is 4. The second-order valence-corrected chi connectivity index (χ2v) is 5.62. The van der Waals surface area contributed by atoms with Crippen LogP contribution in [0.4, 0.5) is 5.69 Å². The van der Waals surface area contributed by atoms with E-state index in [1.165, 1.54) is 5.56 Å². The highest BCUT2D eigenvalue weighted by Crippen LogP contribution is 2.21. The second kappa shape index (κ2) is 6.20. The minimum absolute atomic E-state index is 0.474. The zero-order valence-corrected chi connectivity index (χ0v) is 13.2. The van der Waals surface area contributed by atoms with Gasteiger partial charge in [-0.3, -0.25) is 0 Å². The average Bonchev–Trinajstić information content (AvgIpc) is 2.96. The molecule has 0 spiro atoms. The van der Waals surface area contributed by atoms with Crippen LogP contribution >= 0.6 is 11.6 Å². The van der Waals surface area contributed by atoms with Gasteiger partial charge in [-0.15, -0.1) is 10.2 Å². The Kier molecular flexibility index (Phi) is 4.11. The Morgan fingerprint density at radius 3 is 2.55 bits per heavy atom. The molecule has 1 heterocycles. The third-order valence-corrected chi connectivity index (χ3v) is 3.62.